The molecule has 0 radical (unpaired) electrons. The van der Waals surface area contributed by atoms with Crippen molar-refractivity contribution in [3.05, 3.63) is 29.6 Å². The second-order valence-corrected chi connectivity index (χ2v) is 4.99. The summed E-state index contributed by atoms with van der Waals surface area (Å²) in [7, 11) is 0. The summed E-state index contributed by atoms with van der Waals surface area (Å²) < 4.78 is 13.4. The van der Waals surface area contributed by atoms with Crippen molar-refractivity contribution >= 4 is 5.69 Å². The summed E-state index contributed by atoms with van der Waals surface area (Å²) in [5.74, 6) is -0.381. The third-order valence-corrected chi connectivity index (χ3v) is 3.48. The highest BCUT2D eigenvalue weighted by Gasteiger charge is 2.24. The number of piperidine rings is 1. The third-order valence-electron chi connectivity index (χ3n) is 3.48. The van der Waals surface area contributed by atoms with E-state index in [-0.39, 0.29) is 5.82 Å². The van der Waals surface area contributed by atoms with E-state index in [4.69, 9.17) is 5.26 Å². The van der Waals surface area contributed by atoms with Crippen LogP contribution in [0.3, 0.4) is 0 Å². The Morgan fingerprint density at radius 3 is 2.56 bits per heavy atom. The average Bonchev–Trinajstić information content (AvgIpc) is 2.33. The number of hydrogen-bond donors (Lipinski definition) is 1. The number of nitrogens with zero attached hydrogens (tertiary/aromatic N) is 2. The van der Waals surface area contributed by atoms with Gasteiger partial charge in [0.2, 0.25) is 0 Å². The molecule has 0 saturated carbocycles. The van der Waals surface area contributed by atoms with E-state index in [1.165, 1.54) is 18.6 Å². The van der Waals surface area contributed by atoms with Gasteiger partial charge in [-0.05, 0) is 44.9 Å². The Morgan fingerprint density at radius 1 is 1.28 bits per heavy atom. The van der Waals surface area contributed by atoms with Crippen LogP contribution in [0.2, 0.25) is 0 Å². The number of benzene rings is 1. The van der Waals surface area contributed by atoms with Gasteiger partial charge < -0.3 is 5.43 Å². The Kier molecular flexibility index (Phi) is 3.83. The normalized spacial score (nSPS) is 24.6. The summed E-state index contributed by atoms with van der Waals surface area (Å²) in [4.78, 5) is 0. The molecule has 96 valence electrons. The van der Waals surface area contributed by atoms with Crippen molar-refractivity contribution in [2.45, 2.75) is 45.2 Å². The molecule has 0 bridgehead atoms. The lowest BCUT2D eigenvalue weighted by atomic mass is 10.00. The van der Waals surface area contributed by atoms with Gasteiger partial charge in [-0.15, -0.1) is 0 Å². The smallest absolute Gasteiger partial charge is 0.126 e. The molecule has 2 rings (SSSR count). The fraction of sp³-hybridized carbons (Fsp3) is 0.500. The van der Waals surface area contributed by atoms with E-state index < -0.39 is 0 Å². The summed E-state index contributed by atoms with van der Waals surface area (Å²) in [6.45, 7) is 4.32. The maximum atomic E-state index is 13.4. The van der Waals surface area contributed by atoms with Crippen LogP contribution in [0, 0.1) is 17.1 Å². The van der Waals surface area contributed by atoms with Gasteiger partial charge in [0.05, 0.1) is 17.3 Å². The third kappa shape index (κ3) is 2.80. The van der Waals surface area contributed by atoms with E-state index in [1.54, 1.807) is 6.07 Å². The summed E-state index contributed by atoms with van der Waals surface area (Å²) in [6, 6.07) is 7.15. The lowest BCUT2D eigenvalue weighted by Crippen LogP contribution is -2.47. The fourth-order valence-electron chi connectivity index (χ4n) is 2.51. The van der Waals surface area contributed by atoms with Crippen molar-refractivity contribution in [1.82, 2.24) is 5.01 Å². The highest BCUT2D eigenvalue weighted by molar-refractivity contribution is 5.49. The van der Waals surface area contributed by atoms with Crippen molar-refractivity contribution in [2.75, 3.05) is 5.43 Å². The number of rotatable bonds is 2. The molecule has 1 N–H and O–H groups in total. The largest absolute Gasteiger partial charge is 0.318 e. The molecule has 0 aliphatic carbocycles. The van der Waals surface area contributed by atoms with Crippen LogP contribution in [0.15, 0.2) is 18.2 Å². The molecule has 0 aromatic heterocycles. The molecule has 2 atom stereocenters. The van der Waals surface area contributed by atoms with E-state index in [0.717, 1.165) is 12.8 Å². The second-order valence-electron chi connectivity index (χ2n) is 4.99. The Labute approximate surface area is 107 Å². The van der Waals surface area contributed by atoms with Crippen LogP contribution < -0.4 is 5.43 Å². The van der Waals surface area contributed by atoms with Crippen molar-refractivity contribution in [3.8, 4) is 6.07 Å². The van der Waals surface area contributed by atoms with E-state index in [0.29, 0.717) is 23.3 Å². The van der Waals surface area contributed by atoms with Crippen LogP contribution >= 0.6 is 0 Å². The Hall–Kier alpha value is -1.60. The number of anilines is 1. The van der Waals surface area contributed by atoms with Gasteiger partial charge >= 0.3 is 0 Å². The molecule has 1 aliphatic rings. The maximum absolute atomic E-state index is 13.4. The number of nitrogens with one attached hydrogen (secondary N) is 1. The molecule has 18 heavy (non-hydrogen) atoms. The SMILES string of the molecule is CC1CCCC(C)N1Nc1cc(F)cc(C#N)c1. The van der Waals surface area contributed by atoms with Crippen molar-refractivity contribution < 1.29 is 4.39 Å². The van der Waals surface area contributed by atoms with E-state index in [1.807, 2.05) is 6.07 Å². The summed E-state index contributed by atoms with van der Waals surface area (Å²) in [6.07, 6.45) is 3.50. The fourth-order valence-corrected chi connectivity index (χ4v) is 2.51. The summed E-state index contributed by atoms with van der Waals surface area (Å²) in [5.41, 5.74) is 4.23. The monoisotopic (exact) mass is 247 g/mol. The minimum absolute atomic E-state index is 0.342. The van der Waals surface area contributed by atoms with Crippen LogP contribution in [-0.2, 0) is 0 Å². The van der Waals surface area contributed by atoms with Crippen molar-refractivity contribution in [2.24, 2.45) is 0 Å². The first kappa shape index (κ1) is 12.8. The van der Waals surface area contributed by atoms with Gasteiger partial charge in [0.15, 0.2) is 0 Å². The Morgan fingerprint density at radius 2 is 1.94 bits per heavy atom. The number of halogens is 1. The predicted octanol–water partition coefficient (Wildman–Crippen LogP) is 3.29. The molecule has 0 spiro atoms. The van der Waals surface area contributed by atoms with Crippen molar-refractivity contribution in [1.29, 1.82) is 5.26 Å². The molecule has 1 aliphatic heterocycles. The van der Waals surface area contributed by atoms with Crippen LogP contribution in [0.4, 0.5) is 10.1 Å². The van der Waals surface area contributed by atoms with Crippen LogP contribution in [0.5, 0.6) is 0 Å². The van der Waals surface area contributed by atoms with E-state index in [2.05, 4.69) is 24.3 Å². The van der Waals surface area contributed by atoms with Crippen LogP contribution in [0.1, 0.15) is 38.7 Å². The second kappa shape index (κ2) is 5.36. The molecule has 4 heteroatoms. The molecule has 1 aromatic rings. The first-order valence-electron chi connectivity index (χ1n) is 6.36. The van der Waals surface area contributed by atoms with Gasteiger partial charge in [0.1, 0.15) is 5.82 Å². The topological polar surface area (TPSA) is 39.1 Å². The Bertz CT molecular complexity index is 457. The minimum Gasteiger partial charge on any atom is -0.318 e. The van der Waals surface area contributed by atoms with Crippen molar-refractivity contribution in [3.63, 3.8) is 0 Å². The predicted molar refractivity (Wildman–Crippen MR) is 69.4 cm³/mol. The quantitative estimate of drug-likeness (QED) is 0.871. The van der Waals surface area contributed by atoms with E-state index >= 15 is 0 Å². The molecule has 1 heterocycles. The van der Waals surface area contributed by atoms with Gasteiger partial charge in [0, 0.05) is 12.1 Å². The summed E-state index contributed by atoms with van der Waals surface area (Å²) in [5, 5.41) is 11.0. The van der Waals surface area contributed by atoms with Gasteiger partial charge in [-0.1, -0.05) is 6.42 Å². The maximum Gasteiger partial charge on any atom is 0.126 e. The van der Waals surface area contributed by atoms with Crippen LogP contribution in [0.25, 0.3) is 0 Å². The molecule has 0 amide bonds. The van der Waals surface area contributed by atoms with E-state index in [9.17, 15) is 4.39 Å². The Balaban J connectivity index is 2.17. The van der Waals surface area contributed by atoms with Gasteiger partial charge in [-0.25, -0.2) is 9.40 Å². The molecular formula is C14H18FN3. The minimum atomic E-state index is -0.381. The lowest BCUT2D eigenvalue weighted by molar-refractivity contribution is 0.135. The number of hydrazine groups is 1. The van der Waals surface area contributed by atoms with Crippen LogP contribution in [-0.4, -0.2) is 17.1 Å². The standard InChI is InChI=1S/C14H18FN3/c1-10-4-3-5-11(2)18(10)17-14-7-12(9-16)6-13(15)8-14/h6-8,10-11,17H,3-5H2,1-2H3. The molecule has 3 nitrogen and oxygen atoms in total. The number of nitriles is 1. The molecule has 1 saturated heterocycles. The zero-order valence-electron chi connectivity index (χ0n) is 10.8. The molecule has 1 aromatic carbocycles. The summed E-state index contributed by atoms with van der Waals surface area (Å²) >= 11 is 0. The molecule has 2 unspecified atom stereocenters. The lowest BCUT2D eigenvalue weighted by Gasteiger charge is -2.39. The molecular weight excluding hydrogens is 229 g/mol. The number of hydrogen-bond acceptors (Lipinski definition) is 3. The van der Waals surface area contributed by atoms with Gasteiger partial charge in [-0.2, -0.15) is 5.26 Å². The zero-order chi connectivity index (χ0) is 13.1. The zero-order valence-corrected chi connectivity index (χ0v) is 10.8. The molecule has 1 fully saturated rings. The van der Waals surface area contributed by atoms with Gasteiger partial charge in [0.25, 0.3) is 0 Å². The highest BCUT2D eigenvalue weighted by atomic mass is 19.1. The average molecular weight is 247 g/mol. The first-order chi connectivity index (χ1) is 8.60. The first-order valence-corrected chi connectivity index (χ1v) is 6.36. The highest BCUT2D eigenvalue weighted by Crippen LogP contribution is 2.24. The van der Waals surface area contributed by atoms with Gasteiger partial charge in [-0.3, -0.25) is 0 Å².